The number of benzene rings is 2. The Kier molecular flexibility index (Phi) is 6.44. The summed E-state index contributed by atoms with van der Waals surface area (Å²) in [7, 11) is 0. The number of fused-ring (bicyclic) bond motifs is 1. The minimum absolute atomic E-state index is 0.0487. The Morgan fingerprint density at radius 3 is 2.66 bits per heavy atom. The van der Waals surface area contributed by atoms with Crippen molar-refractivity contribution >= 4 is 17.5 Å². The van der Waals surface area contributed by atoms with E-state index in [2.05, 4.69) is 34.6 Å². The van der Waals surface area contributed by atoms with Gasteiger partial charge in [0.25, 0.3) is 11.8 Å². The van der Waals surface area contributed by atoms with E-state index < -0.39 is 0 Å². The second-order valence-electron chi connectivity index (χ2n) is 7.98. The maximum Gasteiger partial charge on any atom is 0.254 e. The molecule has 3 aromatic rings. The van der Waals surface area contributed by atoms with Gasteiger partial charge in [-0.15, -0.1) is 0 Å². The van der Waals surface area contributed by atoms with Gasteiger partial charge in [-0.1, -0.05) is 24.3 Å². The maximum atomic E-state index is 12.7. The summed E-state index contributed by atoms with van der Waals surface area (Å²) in [5.74, 6) is 0.244. The van der Waals surface area contributed by atoms with Gasteiger partial charge in [-0.05, 0) is 55.7 Å². The first-order valence-corrected chi connectivity index (χ1v) is 10.8. The lowest BCUT2D eigenvalue weighted by Crippen LogP contribution is -2.31. The quantitative estimate of drug-likeness (QED) is 0.473. The molecule has 7 nitrogen and oxygen atoms in total. The van der Waals surface area contributed by atoms with E-state index in [0.29, 0.717) is 49.0 Å². The highest BCUT2D eigenvalue weighted by molar-refractivity contribution is 5.95. The number of hydrogen-bond donors (Lipinski definition) is 3. The van der Waals surface area contributed by atoms with Gasteiger partial charge < -0.3 is 25.1 Å². The Hall–Kier alpha value is -3.74. The van der Waals surface area contributed by atoms with Crippen molar-refractivity contribution in [2.45, 2.75) is 32.4 Å². The molecule has 2 heterocycles. The van der Waals surface area contributed by atoms with Gasteiger partial charge in [0, 0.05) is 30.4 Å². The molecule has 7 heteroatoms. The molecule has 1 aliphatic rings. The fourth-order valence-corrected chi connectivity index (χ4v) is 4.03. The third-order valence-electron chi connectivity index (χ3n) is 5.69. The molecule has 2 aromatic carbocycles. The Morgan fingerprint density at radius 1 is 1.06 bits per heavy atom. The molecule has 0 radical (unpaired) electrons. The number of phenols is 1. The number of para-hydroxylation sites is 1. The van der Waals surface area contributed by atoms with Crippen LogP contribution in [0.2, 0.25) is 0 Å². The lowest BCUT2D eigenvalue weighted by atomic mass is 10.1. The van der Waals surface area contributed by atoms with Gasteiger partial charge >= 0.3 is 0 Å². The van der Waals surface area contributed by atoms with Crippen molar-refractivity contribution in [1.82, 2.24) is 10.6 Å². The first kappa shape index (κ1) is 21.5. The molecule has 166 valence electrons. The van der Waals surface area contributed by atoms with Crippen LogP contribution in [0.25, 0.3) is 0 Å². The Bertz CT molecular complexity index is 1110. The standard InChI is InChI=1S/C25H27N3O4/c1-17-14-18-6-2-3-9-22(18)28(17)16-23-21(10-13-32-23)25(31)27-12-5-11-26-24(30)19-7-4-8-20(29)15-19/h2-4,6-10,13,15,17,29H,5,11-12,14,16H2,1H3,(H,26,30)(H,27,31). The first-order valence-electron chi connectivity index (χ1n) is 10.8. The minimum Gasteiger partial charge on any atom is -0.508 e. The van der Waals surface area contributed by atoms with Crippen LogP contribution in [0, 0.1) is 0 Å². The van der Waals surface area contributed by atoms with Crippen molar-refractivity contribution < 1.29 is 19.1 Å². The minimum atomic E-state index is -0.260. The van der Waals surface area contributed by atoms with Crippen LogP contribution < -0.4 is 15.5 Å². The summed E-state index contributed by atoms with van der Waals surface area (Å²) in [6.45, 7) is 3.55. The molecule has 0 fully saturated rings. The summed E-state index contributed by atoms with van der Waals surface area (Å²) in [5, 5.41) is 15.1. The highest BCUT2D eigenvalue weighted by Gasteiger charge is 2.27. The number of hydrogen-bond acceptors (Lipinski definition) is 5. The van der Waals surface area contributed by atoms with E-state index in [-0.39, 0.29) is 17.6 Å². The lowest BCUT2D eigenvalue weighted by Gasteiger charge is -2.24. The highest BCUT2D eigenvalue weighted by atomic mass is 16.3. The third-order valence-corrected chi connectivity index (χ3v) is 5.69. The smallest absolute Gasteiger partial charge is 0.254 e. The van der Waals surface area contributed by atoms with E-state index in [9.17, 15) is 14.7 Å². The van der Waals surface area contributed by atoms with Gasteiger partial charge in [-0.3, -0.25) is 9.59 Å². The molecular weight excluding hydrogens is 406 g/mol. The molecule has 0 aliphatic carbocycles. The number of anilines is 1. The monoisotopic (exact) mass is 433 g/mol. The Morgan fingerprint density at radius 2 is 1.84 bits per heavy atom. The fourth-order valence-electron chi connectivity index (χ4n) is 4.03. The zero-order chi connectivity index (χ0) is 22.5. The summed E-state index contributed by atoms with van der Waals surface area (Å²) < 4.78 is 5.65. The van der Waals surface area contributed by atoms with Crippen LogP contribution in [-0.2, 0) is 13.0 Å². The van der Waals surface area contributed by atoms with E-state index in [1.807, 2.05) is 12.1 Å². The van der Waals surface area contributed by atoms with Crippen molar-refractivity contribution in [1.29, 1.82) is 0 Å². The highest BCUT2D eigenvalue weighted by Crippen LogP contribution is 2.33. The second-order valence-corrected chi connectivity index (χ2v) is 7.98. The summed E-state index contributed by atoms with van der Waals surface area (Å²) in [6.07, 6.45) is 3.11. The number of nitrogens with one attached hydrogen (secondary N) is 2. The molecule has 0 spiro atoms. The van der Waals surface area contributed by atoms with Crippen molar-refractivity contribution in [3.63, 3.8) is 0 Å². The van der Waals surface area contributed by atoms with Crippen molar-refractivity contribution in [3.8, 4) is 5.75 Å². The fraction of sp³-hybridized carbons (Fsp3) is 0.280. The van der Waals surface area contributed by atoms with Gasteiger partial charge in [0.05, 0.1) is 18.4 Å². The molecule has 1 aromatic heterocycles. The molecule has 2 amide bonds. The average molecular weight is 434 g/mol. The molecule has 0 saturated heterocycles. The molecular formula is C25H27N3O4. The molecule has 0 saturated carbocycles. The van der Waals surface area contributed by atoms with E-state index in [1.54, 1.807) is 24.5 Å². The molecule has 1 atom stereocenters. The number of nitrogens with zero attached hydrogens (tertiary/aromatic N) is 1. The number of carbonyl (C=O) groups is 2. The van der Waals surface area contributed by atoms with Crippen molar-refractivity contribution in [2.75, 3.05) is 18.0 Å². The summed E-state index contributed by atoms with van der Waals surface area (Å²) in [5.41, 5.74) is 3.43. The van der Waals surface area contributed by atoms with E-state index >= 15 is 0 Å². The topological polar surface area (TPSA) is 94.8 Å². The van der Waals surface area contributed by atoms with E-state index in [4.69, 9.17) is 4.42 Å². The predicted octanol–water partition coefficient (Wildman–Crippen LogP) is 3.49. The summed E-state index contributed by atoms with van der Waals surface area (Å²) >= 11 is 0. The largest absolute Gasteiger partial charge is 0.508 e. The van der Waals surface area contributed by atoms with Crippen molar-refractivity contribution in [3.05, 3.63) is 83.3 Å². The van der Waals surface area contributed by atoms with Crippen molar-refractivity contribution in [2.24, 2.45) is 0 Å². The maximum absolute atomic E-state index is 12.7. The molecule has 1 aliphatic heterocycles. The number of phenolic OH excluding ortho intramolecular Hbond substituents is 1. The van der Waals surface area contributed by atoms with Crippen LogP contribution in [0.5, 0.6) is 5.75 Å². The molecule has 0 bridgehead atoms. The Balaban J connectivity index is 1.26. The lowest BCUT2D eigenvalue weighted by molar-refractivity contribution is 0.0950. The second kappa shape index (κ2) is 9.60. The summed E-state index contributed by atoms with van der Waals surface area (Å²) in [6, 6.07) is 16.5. The van der Waals surface area contributed by atoms with Gasteiger partial charge in [0.15, 0.2) is 0 Å². The van der Waals surface area contributed by atoms with Gasteiger partial charge in [0.2, 0.25) is 0 Å². The number of aromatic hydroxyl groups is 1. The number of carbonyl (C=O) groups excluding carboxylic acids is 2. The number of amides is 2. The van der Waals surface area contributed by atoms with E-state index in [0.717, 1.165) is 6.42 Å². The van der Waals surface area contributed by atoms with Crippen LogP contribution in [0.3, 0.4) is 0 Å². The molecule has 32 heavy (non-hydrogen) atoms. The van der Waals surface area contributed by atoms with E-state index in [1.165, 1.54) is 23.4 Å². The normalized spacial score (nSPS) is 14.8. The number of furan rings is 1. The molecule has 4 rings (SSSR count). The molecule has 3 N–H and O–H groups in total. The zero-order valence-corrected chi connectivity index (χ0v) is 18.0. The predicted molar refractivity (Wildman–Crippen MR) is 122 cm³/mol. The van der Waals surface area contributed by atoms with Gasteiger partial charge in [0.1, 0.15) is 11.5 Å². The van der Waals surface area contributed by atoms with Gasteiger partial charge in [-0.25, -0.2) is 0 Å². The number of rotatable bonds is 8. The van der Waals surface area contributed by atoms with Crippen LogP contribution in [0.1, 0.15) is 45.4 Å². The Labute approximate surface area is 187 Å². The van der Waals surface area contributed by atoms with Gasteiger partial charge in [-0.2, -0.15) is 0 Å². The first-order chi connectivity index (χ1) is 15.5. The third kappa shape index (κ3) is 4.77. The van der Waals surface area contributed by atoms with Crippen LogP contribution in [0.15, 0.2) is 65.3 Å². The zero-order valence-electron chi connectivity index (χ0n) is 18.0. The van der Waals surface area contributed by atoms with Crippen LogP contribution in [-0.4, -0.2) is 36.1 Å². The van der Waals surface area contributed by atoms with Crippen LogP contribution >= 0.6 is 0 Å². The SMILES string of the molecule is CC1Cc2ccccc2N1Cc1occc1C(=O)NCCCNC(=O)c1cccc(O)c1. The van der Waals surface area contributed by atoms with Crippen LogP contribution in [0.4, 0.5) is 5.69 Å². The summed E-state index contributed by atoms with van der Waals surface area (Å²) in [4.78, 5) is 27.0. The average Bonchev–Trinajstić information content (AvgIpc) is 3.38. The molecule has 1 unspecified atom stereocenters.